The number of primary amides is 3. The maximum absolute atomic E-state index is 15.7. The van der Waals surface area contributed by atoms with Gasteiger partial charge >= 0.3 is 0 Å². The summed E-state index contributed by atoms with van der Waals surface area (Å²) in [4.78, 5) is 258. The summed E-state index contributed by atoms with van der Waals surface area (Å²) in [7, 11) is 4.08. The average molecular weight is 1840 g/mol. The Labute approximate surface area is 759 Å². The number of carbonyl (C=O) groups excluding carboxylic acids is 17. The number of amides is 17. The lowest BCUT2D eigenvalue weighted by Gasteiger charge is -2.36. The number of nitrogens with zero attached hydrogens (tertiary/aromatic N) is 5. The summed E-state index contributed by atoms with van der Waals surface area (Å²) in [5.41, 5.74) is 31.2. The molecule has 45 heteroatoms. The number of unbranched alkanes of at least 4 members (excludes halogenated alkanes) is 2. The molecule has 27 N–H and O–H groups in total. The van der Waals surface area contributed by atoms with Crippen molar-refractivity contribution in [3.05, 3.63) is 120 Å². The molecule has 710 valence electrons. The van der Waals surface area contributed by atoms with E-state index in [0.717, 1.165) is 26.5 Å². The Bertz CT molecular complexity index is 5030. The highest BCUT2D eigenvalue weighted by Gasteiger charge is 2.45. The second-order valence-electron chi connectivity index (χ2n) is 32.3. The van der Waals surface area contributed by atoms with E-state index in [-0.39, 0.29) is 108 Å². The molecule has 3 aromatic heterocycles. The normalized spacial score (nSPS) is 16.1. The Morgan fingerprint density at radius 1 is 0.534 bits per heavy atom. The summed E-state index contributed by atoms with van der Waals surface area (Å²) in [6.07, 6.45) is 6.08. The molecular weight excluding hydrogens is 1720 g/mol. The number of likely N-dealkylation sites (N-methyl/N-ethyl adjacent to an activating group) is 3. The first kappa shape index (κ1) is 103. The number of nitrogens with one attached hydrogen (secondary N) is 15. The highest BCUT2D eigenvalue weighted by molar-refractivity contribution is 8.00. The number of hydrogen-bond donors (Lipinski definition) is 22. The summed E-state index contributed by atoms with van der Waals surface area (Å²) >= 11 is 0.872. The monoisotopic (exact) mass is 1840 g/mol. The van der Waals surface area contributed by atoms with E-state index in [2.05, 4.69) is 78.4 Å². The molecule has 2 saturated heterocycles. The van der Waals surface area contributed by atoms with Crippen LogP contribution in [0.3, 0.4) is 0 Å². The maximum Gasteiger partial charge on any atom is 0.246 e. The van der Waals surface area contributed by atoms with E-state index in [1.165, 1.54) is 50.7 Å². The fraction of sp³-hybridized carbons (Fsp3) is 0.500. The van der Waals surface area contributed by atoms with Crippen molar-refractivity contribution in [2.24, 2.45) is 28.7 Å². The minimum atomic E-state index is -1.88. The SMILES string of the molecule is CCCC[C@@H](C(=O)N(C)[C@@H](CCCC)C(=O)N[C@@H](CCCNC(=N)N)C(=O)NC(CSCC(=O)N[C@@H](Cc1ccc(O)cc1)C(=O)NC)C(=O)NCC(N)=O)N(C)C(=O)[C@H](Cc1c[nH]c2ccccc12)NC(=O)[C@H](CO)NC(=O)[C@H](Cc1c[nH]c2ccccc12)NC(=O)[C@@H]1CCCN1C(=O)[C@H](CC(N)=O)NC(=O)[C@H](Cc1cnc[nH]1)NC(=O)[C@@H]1CCCN1C(=O)[C@@H](N)CC(N)=O. The van der Waals surface area contributed by atoms with E-state index >= 15 is 28.8 Å². The largest absolute Gasteiger partial charge is 0.508 e. The number of aromatic amines is 3. The van der Waals surface area contributed by atoms with Crippen LogP contribution in [0.4, 0.5) is 0 Å². The van der Waals surface area contributed by atoms with Crippen LogP contribution in [0, 0.1) is 5.41 Å². The molecule has 8 rings (SSSR count). The minimum Gasteiger partial charge on any atom is -0.508 e. The molecule has 17 amide bonds. The van der Waals surface area contributed by atoms with Crippen LogP contribution in [0.5, 0.6) is 5.75 Å². The number of benzene rings is 3. The number of phenols is 1. The van der Waals surface area contributed by atoms with Crippen LogP contribution in [-0.4, -0.2) is 300 Å². The first-order valence-corrected chi connectivity index (χ1v) is 44.5. The van der Waals surface area contributed by atoms with Gasteiger partial charge in [0.15, 0.2) is 5.96 Å². The number of fused-ring (bicyclic) bond motifs is 2. The summed E-state index contributed by atoms with van der Waals surface area (Å²) in [5.74, 6) is -15.9. The number of aromatic hydroxyl groups is 1. The Hall–Kier alpha value is -13.7. The summed E-state index contributed by atoms with van der Waals surface area (Å²) < 4.78 is 0. The smallest absolute Gasteiger partial charge is 0.246 e. The number of nitrogens with two attached hydrogens (primary N) is 5. The zero-order valence-corrected chi connectivity index (χ0v) is 74.6. The van der Waals surface area contributed by atoms with Gasteiger partial charge in [0.25, 0.3) is 0 Å². The van der Waals surface area contributed by atoms with Crippen LogP contribution < -0.4 is 87.2 Å². The molecule has 2 aliphatic heterocycles. The molecule has 2 fully saturated rings. The topological polar surface area (TPSA) is 690 Å². The van der Waals surface area contributed by atoms with Gasteiger partial charge in [-0.2, -0.15) is 0 Å². The molecule has 3 aromatic carbocycles. The summed E-state index contributed by atoms with van der Waals surface area (Å²) in [6.45, 7) is 1.92. The van der Waals surface area contributed by atoms with Crippen molar-refractivity contribution in [1.82, 2.24) is 98.0 Å². The molecule has 0 spiro atoms. The van der Waals surface area contributed by atoms with Crippen molar-refractivity contribution >= 4 is 140 Å². The van der Waals surface area contributed by atoms with Gasteiger partial charge in [-0.25, -0.2) is 4.98 Å². The van der Waals surface area contributed by atoms with Crippen LogP contribution in [0.15, 0.2) is 97.7 Å². The summed E-state index contributed by atoms with van der Waals surface area (Å²) in [5, 5.41) is 58.7. The number of aromatic nitrogens is 4. The average Bonchev–Trinajstić information content (AvgIpc) is 1.71. The van der Waals surface area contributed by atoms with E-state index in [1.807, 2.05) is 13.8 Å². The minimum absolute atomic E-state index is 0.00268. The number of rotatable bonds is 52. The molecule has 6 aromatic rings. The molecule has 0 radical (unpaired) electrons. The molecule has 0 bridgehead atoms. The lowest BCUT2D eigenvalue weighted by molar-refractivity contribution is -0.149. The fourth-order valence-electron chi connectivity index (χ4n) is 15.7. The Kier molecular flexibility index (Phi) is 39.4. The zero-order chi connectivity index (χ0) is 95.7. The molecule has 0 saturated carbocycles. The Morgan fingerprint density at radius 3 is 1.60 bits per heavy atom. The number of imidazole rings is 1. The van der Waals surface area contributed by atoms with Gasteiger partial charge in [-0.15, -0.1) is 11.8 Å². The van der Waals surface area contributed by atoms with Crippen molar-refractivity contribution < 1.29 is 91.7 Å². The summed E-state index contributed by atoms with van der Waals surface area (Å²) in [6, 6.07) is 1.00. The van der Waals surface area contributed by atoms with Crippen molar-refractivity contribution in [2.45, 2.75) is 208 Å². The number of para-hydroxylation sites is 2. The van der Waals surface area contributed by atoms with Crippen molar-refractivity contribution in [1.29, 1.82) is 5.41 Å². The predicted octanol–water partition coefficient (Wildman–Crippen LogP) is -4.34. The third-order valence-corrected chi connectivity index (χ3v) is 23.7. The number of carbonyl (C=O) groups is 17. The molecule has 44 nitrogen and oxygen atoms in total. The van der Waals surface area contributed by atoms with E-state index in [1.54, 1.807) is 73.1 Å². The van der Waals surface area contributed by atoms with Crippen LogP contribution in [0.2, 0.25) is 0 Å². The maximum atomic E-state index is 15.7. The van der Waals surface area contributed by atoms with Gasteiger partial charge in [-0.1, -0.05) is 88.1 Å². The highest BCUT2D eigenvalue weighted by atomic mass is 32.2. The number of H-pyrrole nitrogens is 3. The van der Waals surface area contributed by atoms with Crippen molar-refractivity contribution in [2.75, 3.05) is 65.4 Å². The molecule has 1 unspecified atom stereocenters. The predicted molar refractivity (Wildman–Crippen MR) is 481 cm³/mol. The van der Waals surface area contributed by atoms with E-state index < -0.39 is 211 Å². The molecule has 0 aliphatic carbocycles. The van der Waals surface area contributed by atoms with Gasteiger partial charge in [-0.3, -0.25) is 86.9 Å². The van der Waals surface area contributed by atoms with Gasteiger partial charge in [0.05, 0.1) is 44.1 Å². The molecular formula is C86H121N25O19S. The van der Waals surface area contributed by atoms with E-state index in [0.29, 0.717) is 76.3 Å². The van der Waals surface area contributed by atoms with Crippen LogP contribution in [0.1, 0.15) is 126 Å². The van der Waals surface area contributed by atoms with Gasteiger partial charge in [0.1, 0.15) is 78.3 Å². The number of thioether (sulfide) groups is 1. The zero-order valence-electron chi connectivity index (χ0n) is 73.8. The second kappa shape index (κ2) is 50.3. The van der Waals surface area contributed by atoms with Crippen LogP contribution in [-0.2, 0) is 107 Å². The van der Waals surface area contributed by atoms with Crippen LogP contribution in [0.25, 0.3) is 21.8 Å². The van der Waals surface area contributed by atoms with Gasteiger partial charge in [-0.05, 0) is 92.3 Å². The first-order valence-electron chi connectivity index (χ1n) is 43.3. The van der Waals surface area contributed by atoms with E-state index in [4.69, 9.17) is 34.1 Å². The molecule has 13 atom stereocenters. The van der Waals surface area contributed by atoms with E-state index in [9.17, 15) is 63.0 Å². The number of likely N-dealkylation sites (tertiary alicyclic amines) is 2. The quantitative estimate of drug-likeness (QED) is 0.00975. The second-order valence-corrected chi connectivity index (χ2v) is 33.4. The van der Waals surface area contributed by atoms with Crippen molar-refractivity contribution in [3.8, 4) is 5.75 Å². The number of hydrogen-bond acceptors (Lipinski definition) is 23. The number of aliphatic hydroxyl groups excluding tert-OH is 1. The molecule has 5 heterocycles. The number of phenolic OH excluding ortho intramolecular Hbond substituents is 1. The lowest BCUT2D eigenvalue weighted by Crippen LogP contribution is -2.62. The molecule has 2 aliphatic rings. The Morgan fingerprint density at radius 2 is 1.05 bits per heavy atom. The van der Waals surface area contributed by atoms with Crippen LogP contribution >= 0.6 is 11.8 Å². The third kappa shape index (κ3) is 29.9. The number of aliphatic hydroxyl groups is 1. The third-order valence-electron chi connectivity index (χ3n) is 22.7. The van der Waals surface area contributed by atoms with Crippen molar-refractivity contribution in [3.63, 3.8) is 0 Å². The first-order chi connectivity index (χ1) is 62.5. The fourth-order valence-corrected chi connectivity index (χ4v) is 16.5. The standard InChI is InChI=1S/C86H121N25O19S/c1-6-8-22-65(79(124)101-57(21-14-30-95-86(91)92)75(120)107-64(74(119)98-42-71(90)116)44-131-45-72(117)100-58(73(118)93-3)33-47-26-28-51(113)29-27-47)108(4)85(130)68(23-9-7-2)109(5)83(128)61(35-49-40-97-56-20-13-11-18-53(49)56)104-78(123)63(43-112)106-76(121)59(34-48-39-96-55-19-12-10-17-52(48)55)102-81(126)67-25-16-32-111(67)84(129)62(38-70(89)115)105-77(122)60(36-50-41-94-46-99-50)103-80(125)66-24-15-31-110(66)82(127)54(87)37-69(88)114/h10-13,17-20,26-29,39-41,46,54,57-68,96-97,112-113H,6-9,14-16,21-25,30-38,42-45,87H2,1-5H3,(H2,88,114)(H2,89,115)(H2,90,116)(H,93,118)(H,94,99)(H,98,119)(H,100,117)(H,101,124)(H,102,126)(H,103,125)(H,104,123)(H,105,122)(H,106,121)(H,107,120)(H4,91,92,95)/t54-,57-,58-,59-,60-,61-,62-,63-,64?,65-,66-,67-,68-/m0/s1. The van der Waals surface area contributed by atoms with Gasteiger partial charge in [0.2, 0.25) is 100 Å². The molecule has 131 heavy (non-hydrogen) atoms. The van der Waals surface area contributed by atoms with Gasteiger partial charge < -0.3 is 132 Å². The van der Waals surface area contributed by atoms with Gasteiger partial charge in [0, 0.05) is 118 Å². The highest BCUT2D eigenvalue weighted by Crippen LogP contribution is 2.27. The lowest BCUT2D eigenvalue weighted by atomic mass is 10.00. The number of guanidine groups is 1. The Balaban J connectivity index is 1.02.